The van der Waals surface area contributed by atoms with Crippen molar-refractivity contribution in [3.63, 3.8) is 0 Å². The molecule has 0 saturated heterocycles. The van der Waals surface area contributed by atoms with Gasteiger partial charge in [-0.15, -0.1) is 0 Å². The summed E-state index contributed by atoms with van der Waals surface area (Å²) >= 11 is 0. The summed E-state index contributed by atoms with van der Waals surface area (Å²) < 4.78 is 27.8. The van der Waals surface area contributed by atoms with Gasteiger partial charge in [0, 0.05) is 20.1 Å². The van der Waals surface area contributed by atoms with Crippen LogP contribution in [0.3, 0.4) is 0 Å². The Kier molecular flexibility index (Phi) is 12.9. The summed E-state index contributed by atoms with van der Waals surface area (Å²) in [5, 5.41) is 0. The largest absolute Gasteiger partial charge is 0.487 e. The van der Waals surface area contributed by atoms with E-state index in [1.807, 2.05) is 32.9 Å². The zero-order chi connectivity index (χ0) is 27.4. The second-order valence-corrected chi connectivity index (χ2v) is 10.9. The standard InChI is InChI=1S/C31H48O6/c1-22(2)17-28(36-21-34-8)29(32)24(4)13-9-11-23(3)12-10-15-31(6)16-14-26-19-27(35-20-33-7)18-25(5)30(26)37-31/h12,17-19,24,28H,9-11,13-16,20-21H2,1-8H3/b23-12+/t24-,28+,31+/m0/s1. The number of allylic oxidation sites excluding steroid dienone is 3. The molecule has 0 amide bonds. The number of rotatable bonds is 16. The summed E-state index contributed by atoms with van der Waals surface area (Å²) in [6, 6.07) is 4.09. The van der Waals surface area contributed by atoms with Crippen molar-refractivity contribution in [2.24, 2.45) is 5.92 Å². The van der Waals surface area contributed by atoms with Crippen LogP contribution in [0.5, 0.6) is 11.5 Å². The van der Waals surface area contributed by atoms with Gasteiger partial charge >= 0.3 is 0 Å². The van der Waals surface area contributed by atoms with Crippen molar-refractivity contribution < 1.29 is 28.5 Å². The van der Waals surface area contributed by atoms with Gasteiger partial charge in [-0.3, -0.25) is 4.79 Å². The van der Waals surface area contributed by atoms with Gasteiger partial charge in [0.2, 0.25) is 0 Å². The van der Waals surface area contributed by atoms with Gasteiger partial charge in [-0.25, -0.2) is 0 Å². The molecule has 3 atom stereocenters. The molecule has 2 rings (SSSR count). The molecule has 6 nitrogen and oxygen atoms in total. The highest BCUT2D eigenvalue weighted by Gasteiger charge is 2.32. The lowest BCUT2D eigenvalue weighted by molar-refractivity contribution is -0.138. The van der Waals surface area contributed by atoms with Crippen LogP contribution in [0.2, 0.25) is 0 Å². The third-order valence-corrected chi connectivity index (χ3v) is 6.93. The van der Waals surface area contributed by atoms with Crippen LogP contribution in [0.1, 0.15) is 84.3 Å². The van der Waals surface area contributed by atoms with E-state index in [1.165, 1.54) is 11.1 Å². The summed E-state index contributed by atoms with van der Waals surface area (Å²) in [7, 11) is 3.19. The maximum atomic E-state index is 12.9. The molecule has 0 radical (unpaired) electrons. The molecule has 0 aromatic heterocycles. The number of hydrogen-bond acceptors (Lipinski definition) is 6. The normalized spacial score (nSPS) is 19.0. The van der Waals surface area contributed by atoms with E-state index in [0.717, 1.165) is 67.6 Å². The lowest BCUT2D eigenvalue weighted by Crippen LogP contribution is -2.36. The Bertz CT molecular complexity index is 930. The molecule has 1 aromatic carbocycles. The van der Waals surface area contributed by atoms with Gasteiger partial charge < -0.3 is 23.7 Å². The number of ketones is 1. The average molecular weight is 517 g/mol. The van der Waals surface area contributed by atoms with E-state index in [4.69, 9.17) is 23.7 Å². The third-order valence-electron chi connectivity index (χ3n) is 6.93. The van der Waals surface area contributed by atoms with Crippen LogP contribution in [-0.4, -0.2) is 45.3 Å². The van der Waals surface area contributed by atoms with Gasteiger partial charge in [-0.1, -0.05) is 24.1 Å². The molecule has 0 bridgehead atoms. The zero-order valence-corrected chi connectivity index (χ0v) is 24.3. The van der Waals surface area contributed by atoms with E-state index in [2.05, 4.69) is 32.9 Å². The predicted octanol–water partition coefficient (Wildman–Crippen LogP) is 7.12. The van der Waals surface area contributed by atoms with Crippen LogP contribution in [0.4, 0.5) is 0 Å². The predicted molar refractivity (Wildman–Crippen MR) is 148 cm³/mol. The highest BCUT2D eigenvalue weighted by atomic mass is 16.7. The second-order valence-electron chi connectivity index (χ2n) is 10.9. The van der Waals surface area contributed by atoms with Crippen molar-refractivity contribution in [3.05, 3.63) is 46.6 Å². The van der Waals surface area contributed by atoms with Gasteiger partial charge in [0.15, 0.2) is 12.6 Å². The second kappa shape index (κ2) is 15.3. The number of benzene rings is 1. The summed E-state index contributed by atoms with van der Waals surface area (Å²) in [5.41, 5.74) is 4.57. The Morgan fingerprint density at radius 2 is 1.89 bits per heavy atom. The Balaban J connectivity index is 1.82. The molecule has 1 aliphatic rings. The third kappa shape index (κ3) is 10.3. The minimum Gasteiger partial charge on any atom is -0.487 e. The molecule has 0 spiro atoms. The zero-order valence-electron chi connectivity index (χ0n) is 24.3. The number of carbonyl (C=O) groups is 1. The van der Waals surface area contributed by atoms with E-state index >= 15 is 0 Å². The molecule has 6 heteroatoms. The molecule has 1 aromatic rings. The van der Waals surface area contributed by atoms with Crippen molar-refractivity contribution in [1.29, 1.82) is 0 Å². The summed E-state index contributed by atoms with van der Waals surface area (Å²) in [6.07, 6.45) is 10.4. The van der Waals surface area contributed by atoms with Gasteiger partial charge in [-0.05, 0) is 109 Å². The quantitative estimate of drug-likeness (QED) is 0.172. The van der Waals surface area contributed by atoms with Crippen molar-refractivity contribution in [3.8, 4) is 11.5 Å². The highest BCUT2D eigenvalue weighted by Crippen LogP contribution is 2.40. The minimum atomic E-state index is -0.536. The van der Waals surface area contributed by atoms with Crippen LogP contribution in [-0.2, 0) is 25.4 Å². The Labute approximate surface area is 224 Å². The van der Waals surface area contributed by atoms with Crippen molar-refractivity contribution in [2.45, 2.75) is 98.2 Å². The lowest BCUT2D eigenvalue weighted by Gasteiger charge is -2.37. The molecule has 1 heterocycles. The first kappa shape index (κ1) is 31.1. The molecule has 0 fully saturated rings. The number of Topliss-reactive ketones (excluding diaryl/α,β-unsaturated/α-hetero) is 1. The number of aryl methyl sites for hydroxylation is 2. The summed E-state index contributed by atoms with van der Waals surface area (Å²) in [6.45, 7) is 12.8. The maximum absolute atomic E-state index is 12.9. The average Bonchev–Trinajstić information content (AvgIpc) is 2.85. The SMILES string of the molecule is COCOc1cc(C)c2c(c1)CC[C@@](C)(CC/C=C(\C)CCC[C@H](C)C(=O)[C@@H](C=C(C)C)OCOC)O2. The van der Waals surface area contributed by atoms with Gasteiger partial charge in [0.05, 0.1) is 0 Å². The monoisotopic (exact) mass is 516 g/mol. The molecule has 37 heavy (non-hydrogen) atoms. The van der Waals surface area contributed by atoms with E-state index in [0.29, 0.717) is 0 Å². The topological polar surface area (TPSA) is 63.2 Å². The number of ether oxygens (including phenoxy) is 5. The van der Waals surface area contributed by atoms with Crippen LogP contribution in [0.25, 0.3) is 0 Å². The van der Waals surface area contributed by atoms with Crippen molar-refractivity contribution in [2.75, 3.05) is 27.8 Å². The lowest BCUT2D eigenvalue weighted by atomic mass is 9.87. The Morgan fingerprint density at radius 3 is 2.57 bits per heavy atom. The molecular weight excluding hydrogens is 468 g/mol. The number of hydrogen-bond donors (Lipinski definition) is 0. The molecule has 0 unspecified atom stereocenters. The van der Waals surface area contributed by atoms with Crippen LogP contribution in [0, 0.1) is 12.8 Å². The molecular formula is C31H48O6. The molecule has 208 valence electrons. The van der Waals surface area contributed by atoms with E-state index < -0.39 is 6.10 Å². The number of fused-ring (bicyclic) bond motifs is 1. The summed E-state index contributed by atoms with van der Waals surface area (Å²) in [4.78, 5) is 12.9. The van der Waals surface area contributed by atoms with Crippen molar-refractivity contribution in [1.82, 2.24) is 0 Å². The number of methoxy groups -OCH3 is 2. The first-order valence-electron chi connectivity index (χ1n) is 13.5. The highest BCUT2D eigenvalue weighted by molar-refractivity contribution is 5.86. The van der Waals surface area contributed by atoms with Crippen LogP contribution in [0.15, 0.2) is 35.4 Å². The van der Waals surface area contributed by atoms with E-state index in [9.17, 15) is 4.79 Å². The molecule has 0 saturated carbocycles. The van der Waals surface area contributed by atoms with Gasteiger partial charge in [0.25, 0.3) is 0 Å². The molecule has 0 N–H and O–H groups in total. The molecule has 1 aliphatic heterocycles. The van der Waals surface area contributed by atoms with Gasteiger partial charge in [0.1, 0.15) is 30.0 Å². The van der Waals surface area contributed by atoms with Crippen LogP contribution >= 0.6 is 0 Å². The van der Waals surface area contributed by atoms with Crippen molar-refractivity contribution >= 4 is 5.78 Å². The Morgan fingerprint density at radius 1 is 1.16 bits per heavy atom. The smallest absolute Gasteiger partial charge is 0.188 e. The van der Waals surface area contributed by atoms with E-state index in [-0.39, 0.29) is 30.9 Å². The maximum Gasteiger partial charge on any atom is 0.188 e. The minimum absolute atomic E-state index is 0.0523. The fraction of sp³-hybridized carbons (Fsp3) is 0.645. The first-order valence-corrected chi connectivity index (χ1v) is 13.5. The Hall–Kier alpha value is -2.15. The molecule has 0 aliphatic carbocycles. The van der Waals surface area contributed by atoms with E-state index in [1.54, 1.807) is 14.2 Å². The first-order chi connectivity index (χ1) is 17.6. The van der Waals surface area contributed by atoms with Gasteiger partial charge in [-0.2, -0.15) is 0 Å². The van der Waals surface area contributed by atoms with Crippen LogP contribution < -0.4 is 9.47 Å². The summed E-state index contributed by atoms with van der Waals surface area (Å²) in [5.74, 6) is 1.90. The number of carbonyl (C=O) groups excluding carboxylic acids is 1. The fourth-order valence-corrected chi connectivity index (χ4v) is 4.72. The fourth-order valence-electron chi connectivity index (χ4n) is 4.72.